The van der Waals surface area contributed by atoms with Gasteiger partial charge in [-0.2, -0.15) is 0 Å². The summed E-state index contributed by atoms with van der Waals surface area (Å²) in [7, 11) is 1.49. The van der Waals surface area contributed by atoms with Crippen molar-refractivity contribution in [3.63, 3.8) is 0 Å². The number of carboxylic acid groups (broad SMARTS) is 1. The largest absolute Gasteiger partial charge is 0.497 e. The zero-order chi connectivity index (χ0) is 13.7. The summed E-state index contributed by atoms with van der Waals surface area (Å²) >= 11 is 0. The van der Waals surface area contributed by atoms with Crippen LogP contribution in [0.1, 0.15) is 23.7 Å². The predicted octanol–water partition coefficient (Wildman–Crippen LogP) is 0.870. The third-order valence-corrected chi connectivity index (χ3v) is 2.36. The van der Waals surface area contributed by atoms with E-state index in [2.05, 4.69) is 5.32 Å². The quantitative estimate of drug-likeness (QED) is 0.675. The highest BCUT2D eigenvalue weighted by Gasteiger charge is 2.15. The van der Waals surface area contributed by atoms with E-state index in [0.717, 1.165) is 0 Å². The third kappa shape index (κ3) is 3.65. The van der Waals surface area contributed by atoms with Crippen LogP contribution in [0.3, 0.4) is 0 Å². The maximum absolute atomic E-state index is 11.9. The number of amides is 1. The maximum atomic E-state index is 11.9. The first-order valence-electron chi connectivity index (χ1n) is 5.40. The number of nitrogens with two attached hydrogens (primary N) is 1. The number of methoxy groups -OCH3 is 1. The molecule has 4 N–H and O–H groups in total. The summed E-state index contributed by atoms with van der Waals surface area (Å²) in [5.74, 6) is -0.873. The van der Waals surface area contributed by atoms with Crippen LogP contribution in [0.15, 0.2) is 18.2 Å². The molecule has 18 heavy (non-hydrogen) atoms. The number of hydrogen-bond acceptors (Lipinski definition) is 4. The fourth-order valence-corrected chi connectivity index (χ4v) is 1.47. The van der Waals surface area contributed by atoms with E-state index in [9.17, 15) is 9.59 Å². The van der Waals surface area contributed by atoms with E-state index in [-0.39, 0.29) is 12.0 Å². The zero-order valence-electron chi connectivity index (χ0n) is 10.3. The molecule has 6 nitrogen and oxygen atoms in total. The van der Waals surface area contributed by atoms with Gasteiger partial charge in [0.05, 0.1) is 19.1 Å². The van der Waals surface area contributed by atoms with Gasteiger partial charge in [0.1, 0.15) is 5.75 Å². The van der Waals surface area contributed by atoms with E-state index in [1.54, 1.807) is 19.1 Å². The molecule has 0 radical (unpaired) electrons. The molecular formula is C12H16N2O4. The van der Waals surface area contributed by atoms with Crippen molar-refractivity contribution < 1.29 is 19.4 Å². The molecular weight excluding hydrogens is 236 g/mol. The minimum Gasteiger partial charge on any atom is -0.497 e. The van der Waals surface area contributed by atoms with Crippen molar-refractivity contribution in [2.45, 2.75) is 19.4 Å². The standard InChI is InChI=1S/C12H16N2O4/c1-7(5-11(15)16)14-12(17)9-6-8(18-2)3-4-10(9)13/h3-4,6-7H,5,13H2,1-2H3,(H,14,17)(H,15,16). The molecule has 98 valence electrons. The number of aliphatic carboxylic acids is 1. The summed E-state index contributed by atoms with van der Waals surface area (Å²) < 4.78 is 5.00. The Hall–Kier alpha value is -2.24. The van der Waals surface area contributed by atoms with Crippen molar-refractivity contribution >= 4 is 17.6 Å². The lowest BCUT2D eigenvalue weighted by Crippen LogP contribution is -2.34. The minimum absolute atomic E-state index is 0.143. The Morgan fingerprint density at radius 3 is 2.72 bits per heavy atom. The summed E-state index contributed by atoms with van der Waals surface area (Å²) in [5, 5.41) is 11.2. The molecule has 0 aliphatic rings. The molecule has 0 aliphatic heterocycles. The van der Waals surface area contributed by atoms with Gasteiger partial charge in [-0.15, -0.1) is 0 Å². The number of carboxylic acids is 1. The number of rotatable bonds is 5. The molecule has 0 saturated heterocycles. The second kappa shape index (κ2) is 5.90. The summed E-state index contributed by atoms with van der Waals surface area (Å²) in [6.07, 6.45) is -0.143. The normalized spacial score (nSPS) is 11.7. The van der Waals surface area contributed by atoms with Gasteiger partial charge in [0.2, 0.25) is 0 Å². The number of hydrogen-bond donors (Lipinski definition) is 3. The van der Waals surface area contributed by atoms with Gasteiger partial charge < -0.3 is 20.9 Å². The highest BCUT2D eigenvalue weighted by atomic mass is 16.5. The molecule has 0 spiro atoms. The van der Waals surface area contributed by atoms with Gasteiger partial charge in [-0.25, -0.2) is 0 Å². The van der Waals surface area contributed by atoms with Crippen molar-refractivity contribution in [2.75, 3.05) is 12.8 Å². The first-order valence-corrected chi connectivity index (χ1v) is 5.40. The molecule has 1 aromatic rings. The minimum atomic E-state index is -0.971. The molecule has 0 aromatic heterocycles. The average Bonchev–Trinajstić information content (AvgIpc) is 2.28. The number of anilines is 1. The maximum Gasteiger partial charge on any atom is 0.305 e. The molecule has 0 saturated carbocycles. The molecule has 1 atom stereocenters. The van der Waals surface area contributed by atoms with Gasteiger partial charge >= 0.3 is 5.97 Å². The van der Waals surface area contributed by atoms with E-state index >= 15 is 0 Å². The Morgan fingerprint density at radius 1 is 1.50 bits per heavy atom. The summed E-state index contributed by atoms with van der Waals surface area (Å²) in [6, 6.07) is 4.25. The Balaban J connectivity index is 2.80. The second-order valence-electron chi connectivity index (χ2n) is 3.93. The Bertz CT molecular complexity index is 459. The van der Waals surface area contributed by atoms with Gasteiger partial charge in [-0.1, -0.05) is 0 Å². The summed E-state index contributed by atoms with van der Waals surface area (Å²) in [4.78, 5) is 22.4. The number of carbonyl (C=O) groups is 2. The number of nitrogens with one attached hydrogen (secondary N) is 1. The lowest BCUT2D eigenvalue weighted by atomic mass is 10.1. The lowest BCUT2D eigenvalue weighted by molar-refractivity contribution is -0.137. The van der Waals surface area contributed by atoms with Gasteiger partial charge in [0.15, 0.2) is 0 Å². The van der Waals surface area contributed by atoms with Crippen molar-refractivity contribution in [3.8, 4) is 5.75 Å². The van der Waals surface area contributed by atoms with Crippen LogP contribution in [-0.4, -0.2) is 30.1 Å². The second-order valence-corrected chi connectivity index (χ2v) is 3.93. The molecule has 1 aromatic carbocycles. The van der Waals surface area contributed by atoms with E-state index in [1.165, 1.54) is 13.2 Å². The highest BCUT2D eigenvalue weighted by molar-refractivity contribution is 5.99. The summed E-state index contributed by atoms with van der Waals surface area (Å²) in [6.45, 7) is 1.61. The number of benzene rings is 1. The van der Waals surface area contributed by atoms with Crippen molar-refractivity contribution in [1.29, 1.82) is 0 Å². The van der Waals surface area contributed by atoms with E-state index in [1.807, 2.05) is 0 Å². The van der Waals surface area contributed by atoms with Crippen LogP contribution in [0.5, 0.6) is 5.75 Å². The Kier molecular flexibility index (Phi) is 4.53. The van der Waals surface area contributed by atoms with Crippen molar-refractivity contribution in [2.24, 2.45) is 0 Å². The SMILES string of the molecule is COc1ccc(N)c(C(=O)NC(C)CC(=O)O)c1. The van der Waals surface area contributed by atoms with Gasteiger partial charge in [0, 0.05) is 11.7 Å². The first kappa shape index (κ1) is 13.8. The number of nitrogen functional groups attached to an aromatic ring is 1. The topological polar surface area (TPSA) is 102 Å². The van der Waals surface area contributed by atoms with Crippen LogP contribution in [-0.2, 0) is 4.79 Å². The Morgan fingerprint density at radius 2 is 2.17 bits per heavy atom. The first-order chi connectivity index (χ1) is 8.43. The molecule has 0 heterocycles. The van der Waals surface area contributed by atoms with Crippen LogP contribution in [0, 0.1) is 0 Å². The van der Waals surface area contributed by atoms with Crippen LogP contribution in [0.25, 0.3) is 0 Å². The molecule has 6 heteroatoms. The zero-order valence-corrected chi connectivity index (χ0v) is 10.3. The molecule has 1 rings (SSSR count). The van der Waals surface area contributed by atoms with Gasteiger partial charge in [-0.3, -0.25) is 9.59 Å². The van der Waals surface area contributed by atoms with Gasteiger partial charge in [-0.05, 0) is 25.1 Å². The molecule has 0 bridgehead atoms. The van der Waals surface area contributed by atoms with E-state index in [4.69, 9.17) is 15.6 Å². The van der Waals surface area contributed by atoms with Crippen LogP contribution < -0.4 is 15.8 Å². The monoisotopic (exact) mass is 252 g/mol. The van der Waals surface area contributed by atoms with Crippen molar-refractivity contribution in [1.82, 2.24) is 5.32 Å². The molecule has 0 fully saturated rings. The molecule has 1 amide bonds. The van der Waals surface area contributed by atoms with Crippen LogP contribution in [0.2, 0.25) is 0 Å². The number of ether oxygens (including phenoxy) is 1. The lowest BCUT2D eigenvalue weighted by Gasteiger charge is -2.13. The fourth-order valence-electron chi connectivity index (χ4n) is 1.47. The fraction of sp³-hybridized carbons (Fsp3) is 0.333. The van der Waals surface area contributed by atoms with E-state index < -0.39 is 17.9 Å². The molecule has 0 aliphatic carbocycles. The van der Waals surface area contributed by atoms with Gasteiger partial charge in [0.25, 0.3) is 5.91 Å². The smallest absolute Gasteiger partial charge is 0.305 e. The Labute approximate surface area is 105 Å². The highest BCUT2D eigenvalue weighted by Crippen LogP contribution is 2.19. The van der Waals surface area contributed by atoms with E-state index in [0.29, 0.717) is 11.4 Å². The average molecular weight is 252 g/mol. The molecule has 1 unspecified atom stereocenters. The third-order valence-electron chi connectivity index (χ3n) is 2.36. The van der Waals surface area contributed by atoms with Crippen LogP contribution in [0.4, 0.5) is 5.69 Å². The number of carbonyl (C=O) groups excluding carboxylic acids is 1. The predicted molar refractivity (Wildman–Crippen MR) is 66.6 cm³/mol. The van der Waals surface area contributed by atoms with Crippen LogP contribution >= 0.6 is 0 Å². The summed E-state index contributed by atoms with van der Waals surface area (Å²) in [5.41, 5.74) is 6.27. The van der Waals surface area contributed by atoms with Crippen molar-refractivity contribution in [3.05, 3.63) is 23.8 Å².